The Bertz CT molecular complexity index is 128. The molecule has 0 amide bonds. The highest BCUT2D eigenvalue weighted by Crippen LogP contribution is 2.42. The lowest BCUT2D eigenvalue weighted by atomic mass is 9.80. The summed E-state index contributed by atoms with van der Waals surface area (Å²) >= 11 is 0. The predicted molar refractivity (Wildman–Crippen MR) is 36.1 cm³/mol. The summed E-state index contributed by atoms with van der Waals surface area (Å²) in [4.78, 5) is 0. The topological polar surface area (TPSA) is 20.2 Å². The molecule has 0 bridgehead atoms. The molecule has 0 fully saturated rings. The van der Waals surface area contributed by atoms with Crippen LogP contribution in [0.3, 0.4) is 0 Å². The third-order valence-corrected chi connectivity index (χ3v) is 2.24. The zero-order valence-electron chi connectivity index (χ0n) is 6.87. The van der Waals surface area contributed by atoms with E-state index in [1.54, 1.807) is 0 Å². The van der Waals surface area contributed by atoms with Gasteiger partial charge in [0.05, 0.1) is 5.41 Å². The van der Waals surface area contributed by atoms with Gasteiger partial charge in [0, 0.05) is 6.61 Å². The second-order valence-electron chi connectivity index (χ2n) is 3.30. The maximum Gasteiger partial charge on any atom is 0.394 e. The van der Waals surface area contributed by atoms with E-state index in [4.69, 9.17) is 5.11 Å². The van der Waals surface area contributed by atoms with Crippen LogP contribution in [0.2, 0.25) is 0 Å². The van der Waals surface area contributed by atoms with Crippen LogP contribution in [0.1, 0.15) is 20.8 Å². The minimum Gasteiger partial charge on any atom is -0.396 e. The number of rotatable bonds is 2. The van der Waals surface area contributed by atoms with Gasteiger partial charge < -0.3 is 5.11 Å². The Morgan fingerprint density at radius 3 is 1.73 bits per heavy atom. The monoisotopic (exact) mass is 170 g/mol. The van der Waals surface area contributed by atoms with E-state index in [0.29, 0.717) is 0 Å². The highest BCUT2D eigenvalue weighted by atomic mass is 19.4. The van der Waals surface area contributed by atoms with Crippen LogP contribution in [0.15, 0.2) is 0 Å². The van der Waals surface area contributed by atoms with Gasteiger partial charge in [0.2, 0.25) is 0 Å². The lowest BCUT2D eigenvalue weighted by Gasteiger charge is -2.32. The van der Waals surface area contributed by atoms with Gasteiger partial charge in [0.25, 0.3) is 0 Å². The van der Waals surface area contributed by atoms with Gasteiger partial charge in [0.1, 0.15) is 0 Å². The molecular formula is C7H13F3O. The maximum absolute atomic E-state index is 12.2. The first-order valence-electron chi connectivity index (χ1n) is 3.41. The summed E-state index contributed by atoms with van der Waals surface area (Å²) in [5.74, 6) is -0.762. The van der Waals surface area contributed by atoms with Crippen LogP contribution in [0.4, 0.5) is 13.2 Å². The first-order chi connectivity index (χ1) is 4.73. The number of alkyl halides is 3. The van der Waals surface area contributed by atoms with E-state index in [9.17, 15) is 13.2 Å². The molecule has 0 aliphatic rings. The van der Waals surface area contributed by atoms with Gasteiger partial charge in [-0.3, -0.25) is 0 Å². The molecule has 11 heavy (non-hydrogen) atoms. The van der Waals surface area contributed by atoms with Crippen LogP contribution < -0.4 is 0 Å². The minimum atomic E-state index is -4.24. The van der Waals surface area contributed by atoms with Crippen LogP contribution in [0.25, 0.3) is 0 Å². The van der Waals surface area contributed by atoms with E-state index in [-0.39, 0.29) is 0 Å². The van der Waals surface area contributed by atoms with E-state index in [0.717, 1.165) is 13.8 Å². The molecule has 1 nitrogen and oxygen atoms in total. The molecule has 0 rings (SSSR count). The fraction of sp³-hybridized carbons (Fsp3) is 1.00. The molecule has 1 unspecified atom stereocenters. The van der Waals surface area contributed by atoms with Crippen LogP contribution in [-0.2, 0) is 0 Å². The van der Waals surface area contributed by atoms with E-state index in [1.807, 2.05) is 0 Å². The Morgan fingerprint density at radius 2 is 1.64 bits per heavy atom. The van der Waals surface area contributed by atoms with Gasteiger partial charge in [0.15, 0.2) is 0 Å². The molecule has 1 N–H and O–H groups in total. The Labute approximate surface area is 64.2 Å². The molecular weight excluding hydrogens is 157 g/mol. The lowest BCUT2D eigenvalue weighted by molar-refractivity contribution is -0.230. The minimum absolute atomic E-state index is 0.438. The molecule has 0 radical (unpaired) electrons. The summed E-state index contributed by atoms with van der Waals surface area (Å²) in [6, 6.07) is 0. The molecule has 68 valence electrons. The second kappa shape index (κ2) is 3.01. The van der Waals surface area contributed by atoms with Crippen LogP contribution in [-0.4, -0.2) is 17.9 Å². The van der Waals surface area contributed by atoms with E-state index in [1.165, 1.54) is 6.92 Å². The number of aliphatic hydroxyl groups excluding tert-OH is 1. The highest BCUT2D eigenvalue weighted by molar-refractivity contribution is 4.81. The molecule has 0 aromatic heterocycles. The SMILES string of the molecule is CC(CO)C(C)(C)C(F)(F)F. The van der Waals surface area contributed by atoms with Crippen molar-refractivity contribution in [3.05, 3.63) is 0 Å². The van der Waals surface area contributed by atoms with E-state index < -0.39 is 24.1 Å². The van der Waals surface area contributed by atoms with Crippen molar-refractivity contribution in [2.24, 2.45) is 11.3 Å². The zero-order valence-corrected chi connectivity index (χ0v) is 6.87. The molecule has 1 atom stereocenters. The molecule has 0 saturated heterocycles. The zero-order chi connectivity index (χ0) is 9.28. The normalized spacial score (nSPS) is 16.6. The number of hydrogen-bond donors (Lipinski definition) is 1. The quantitative estimate of drug-likeness (QED) is 0.673. The molecule has 0 heterocycles. The van der Waals surface area contributed by atoms with Crippen molar-refractivity contribution in [1.29, 1.82) is 0 Å². The van der Waals surface area contributed by atoms with Crippen molar-refractivity contribution >= 4 is 0 Å². The van der Waals surface area contributed by atoms with E-state index in [2.05, 4.69) is 0 Å². The van der Waals surface area contributed by atoms with Crippen molar-refractivity contribution < 1.29 is 18.3 Å². The molecule has 0 saturated carbocycles. The summed E-state index contributed by atoms with van der Waals surface area (Å²) < 4.78 is 36.5. The van der Waals surface area contributed by atoms with Gasteiger partial charge in [-0.25, -0.2) is 0 Å². The van der Waals surface area contributed by atoms with Crippen molar-refractivity contribution in [3.63, 3.8) is 0 Å². The molecule has 0 aliphatic carbocycles. The Balaban J connectivity index is 4.45. The van der Waals surface area contributed by atoms with Gasteiger partial charge in [-0.05, 0) is 5.92 Å². The first kappa shape index (κ1) is 10.8. The fourth-order valence-electron chi connectivity index (χ4n) is 0.508. The highest BCUT2D eigenvalue weighted by Gasteiger charge is 2.50. The molecule has 4 heteroatoms. The van der Waals surface area contributed by atoms with Crippen molar-refractivity contribution in [3.8, 4) is 0 Å². The van der Waals surface area contributed by atoms with Crippen molar-refractivity contribution in [1.82, 2.24) is 0 Å². The van der Waals surface area contributed by atoms with Gasteiger partial charge in [-0.1, -0.05) is 20.8 Å². The molecule has 0 aromatic carbocycles. The summed E-state index contributed by atoms with van der Waals surface area (Å²) in [5, 5.41) is 8.53. The second-order valence-corrected chi connectivity index (χ2v) is 3.30. The summed E-state index contributed by atoms with van der Waals surface area (Å²) in [7, 11) is 0. The standard InChI is InChI=1S/C7H13F3O/c1-5(4-11)6(2,3)7(8,9)10/h5,11H,4H2,1-3H3. The van der Waals surface area contributed by atoms with Crippen LogP contribution >= 0.6 is 0 Å². The van der Waals surface area contributed by atoms with Gasteiger partial charge in [-0.15, -0.1) is 0 Å². The van der Waals surface area contributed by atoms with Crippen molar-refractivity contribution in [2.75, 3.05) is 6.61 Å². The number of hydrogen-bond acceptors (Lipinski definition) is 1. The van der Waals surface area contributed by atoms with Gasteiger partial charge >= 0.3 is 6.18 Å². The smallest absolute Gasteiger partial charge is 0.394 e. The molecule has 0 aromatic rings. The number of aliphatic hydroxyl groups is 1. The Hall–Kier alpha value is -0.250. The third-order valence-electron chi connectivity index (χ3n) is 2.24. The first-order valence-corrected chi connectivity index (χ1v) is 3.41. The fourth-order valence-corrected chi connectivity index (χ4v) is 0.508. The van der Waals surface area contributed by atoms with E-state index >= 15 is 0 Å². The van der Waals surface area contributed by atoms with Gasteiger partial charge in [-0.2, -0.15) is 13.2 Å². The predicted octanol–water partition coefficient (Wildman–Crippen LogP) is 2.20. The third kappa shape index (κ3) is 2.09. The summed E-state index contributed by atoms with van der Waals surface area (Å²) in [5.41, 5.74) is -1.80. The largest absolute Gasteiger partial charge is 0.396 e. The van der Waals surface area contributed by atoms with Crippen molar-refractivity contribution in [2.45, 2.75) is 26.9 Å². The van der Waals surface area contributed by atoms with Crippen LogP contribution in [0, 0.1) is 11.3 Å². The molecule has 0 spiro atoms. The average molecular weight is 170 g/mol. The lowest BCUT2D eigenvalue weighted by Crippen LogP contribution is -2.39. The van der Waals surface area contributed by atoms with Crippen LogP contribution in [0.5, 0.6) is 0 Å². The molecule has 0 aliphatic heterocycles. The summed E-state index contributed by atoms with van der Waals surface area (Å²) in [6.45, 7) is 3.13. The summed E-state index contributed by atoms with van der Waals surface area (Å²) in [6.07, 6.45) is -4.24. The Kier molecular flexibility index (Phi) is 2.94. The average Bonchev–Trinajstić information content (AvgIpc) is 1.83. The maximum atomic E-state index is 12.2. The Morgan fingerprint density at radius 1 is 1.27 bits per heavy atom. The number of halogens is 3.